The molecule has 1 amide bonds. The van der Waals surface area contributed by atoms with Crippen LogP contribution in [0.1, 0.15) is 26.7 Å². The molecule has 0 rings (SSSR count). The summed E-state index contributed by atoms with van der Waals surface area (Å²) in [5, 5.41) is 5.85. The van der Waals surface area contributed by atoms with E-state index in [1.807, 2.05) is 13.8 Å². The number of amides is 1. The SMILES string of the molecule is C=C(C)CCNCC(=O)NCCC. The number of hydrogen-bond acceptors (Lipinski definition) is 2. The third-order valence-electron chi connectivity index (χ3n) is 1.59. The Morgan fingerprint density at radius 1 is 1.38 bits per heavy atom. The maximum atomic E-state index is 11.1. The predicted molar refractivity (Wildman–Crippen MR) is 55.6 cm³/mol. The third kappa shape index (κ3) is 9.08. The first-order chi connectivity index (χ1) is 6.16. The second-order valence-corrected chi connectivity index (χ2v) is 3.23. The van der Waals surface area contributed by atoms with E-state index in [1.54, 1.807) is 0 Å². The smallest absolute Gasteiger partial charge is 0.233 e. The van der Waals surface area contributed by atoms with E-state index < -0.39 is 0 Å². The highest BCUT2D eigenvalue weighted by atomic mass is 16.1. The average molecular weight is 184 g/mol. The number of nitrogens with one attached hydrogen (secondary N) is 2. The monoisotopic (exact) mass is 184 g/mol. The molecule has 0 aromatic heterocycles. The molecule has 0 heterocycles. The second-order valence-electron chi connectivity index (χ2n) is 3.23. The molecular formula is C10H20N2O. The van der Waals surface area contributed by atoms with Crippen molar-refractivity contribution in [3.8, 4) is 0 Å². The van der Waals surface area contributed by atoms with E-state index in [-0.39, 0.29) is 5.91 Å². The Balaban J connectivity index is 3.22. The zero-order chi connectivity index (χ0) is 10.1. The van der Waals surface area contributed by atoms with Crippen LogP contribution in [-0.2, 0) is 4.79 Å². The molecule has 0 aromatic carbocycles. The van der Waals surface area contributed by atoms with Crippen molar-refractivity contribution in [2.75, 3.05) is 19.6 Å². The summed E-state index contributed by atoms with van der Waals surface area (Å²) in [5.41, 5.74) is 1.14. The lowest BCUT2D eigenvalue weighted by Crippen LogP contribution is -2.34. The number of carbonyl (C=O) groups is 1. The molecule has 0 radical (unpaired) electrons. The number of carbonyl (C=O) groups excluding carboxylic acids is 1. The van der Waals surface area contributed by atoms with Crippen LogP contribution in [0.15, 0.2) is 12.2 Å². The molecule has 0 spiro atoms. The van der Waals surface area contributed by atoms with Crippen LogP contribution in [0.3, 0.4) is 0 Å². The van der Waals surface area contributed by atoms with Crippen molar-refractivity contribution in [3.05, 3.63) is 12.2 Å². The summed E-state index contributed by atoms with van der Waals surface area (Å²) in [6.45, 7) is 9.81. The van der Waals surface area contributed by atoms with Gasteiger partial charge in [0.05, 0.1) is 6.54 Å². The van der Waals surface area contributed by atoms with Crippen molar-refractivity contribution in [2.24, 2.45) is 0 Å². The van der Waals surface area contributed by atoms with E-state index in [2.05, 4.69) is 17.2 Å². The second kappa shape index (κ2) is 7.80. The maximum Gasteiger partial charge on any atom is 0.233 e. The summed E-state index contributed by atoms with van der Waals surface area (Å²) in [6.07, 6.45) is 1.92. The van der Waals surface area contributed by atoms with Crippen LogP contribution in [0.2, 0.25) is 0 Å². The lowest BCUT2D eigenvalue weighted by atomic mass is 10.2. The summed E-state index contributed by atoms with van der Waals surface area (Å²) < 4.78 is 0. The summed E-state index contributed by atoms with van der Waals surface area (Å²) in [4.78, 5) is 11.1. The minimum Gasteiger partial charge on any atom is -0.355 e. The molecule has 0 atom stereocenters. The van der Waals surface area contributed by atoms with Gasteiger partial charge in [0.1, 0.15) is 0 Å². The van der Waals surface area contributed by atoms with Gasteiger partial charge in [0.25, 0.3) is 0 Å². The van der Waals surface area contributed by atoms with Gasteiger partial charge in [0, 0.05) is 6.54 Å². The molecule has 3 heteroatoms. The van der Waals surface area contributed by atoms with Gasteiger partial charge in [-0.3, -0.25) is 4.79 Å². The van der Waals surface area contributed by atoms with Crippen LogP contribution >= 0.6 is 0 Å². The van der Waals surface area contributed by atoms with Gasteiger partial charge in [-0.1, -0.05) is 12.5 Å². The zero-order valence-electron chi connectivity index (χ0n) is 8.65. The molecule has 0 saturated heterocycles. The predicted octanol–water partition coefficient (Wildman–Crippen LogP) is 1.07. The maximum absolute atomic E-state index is 11.1. The van der Waals surface area contributed by atoms with Crippen molar-refractivity contribution in [3.63, 3.8) is 0 Å². The van der Waals surface area contributed by atoms with E-state index >= 15 is 0 Å². The third-order valence-corrected chi connectivity index (χ3v) is 1.59. The molecule has 2 N–H and O–H groups in total. The summed E-state index contributed by atoms with van der Waals surface area (Å²) >= 11 is 0. The van der Waals surface area contributed by atoms with E-state index in [0.29, 0.717) is 6.54 Å². The largest absolute Gasteiger partial charge is 0.355 e. The highest BCUT2D eigenvalue weighted by molar-refractivity contribution is 5.77. The van der Waals surface area contributed by atoms with Crippen LogP contribution in [0, 0.1) is 0 Å². The van der Waals surface area contributed by atoms with Crippen LogP contribution in [0.4, 0.5) is 0 Å². The normalized spacial score (nSPS) is 9.69. The van der Waals surface area contributed by atoms with Crippen LogP contribution < -0.4 is 10.6 Å². The van der Waals surface area contributed by atoms with Gasteiger partial charge in [0.2, 0.25) is 5.91 Å². The van der Waals surface area contributed by atoms with Crippen LogP contribution in [0.5, 0.6) is 0 Å². The van der Waals surface area contributed by atoms with Gasteiger partial charge in [-0.05, 0) is 26.3 Å². The molecule has 0 aliphatic rings. The fourth-order valence-corrected chi connectivity index (χ4v) is 0.831. The zero-order valence-corrected chi connectivity index (χ0v) is 8.65. The van der Waals surface area contributed by atoms with E-state index in [1.165, 1.54) is 0 Å². The van der Waals surface area contributed by atoms with Crippen molar-refractivity contribution in [1.29, 1.82) is 0 Å². The Bertz CT molecular complexity index is 166. The summed E-state index contributed by atoms with van der Waals surface area (Å²) in [5.74, 6) is 0.0727. The fourth-order valence-electron chi connectivity index (χ4n) is 0.831. The standard InChI is InChI=1S/C10H20N2O/c1-4-6-12-10(13)8-11-7-5-9(2)3/h11H,2,4-8H2,1,3H3,(H,12,13). The molecule has 0 unspecified atom stereocenters. The molecule has 3 nitrogen and oxygen atoms in total. The van der Waals surface area contributed by atoms with Gasteiger partial charge >= 0.3 is 0 Å². The van der Waals surface area contributed by atoms with Gasteiger partial charge < -0.3 is 10.6 Å². The quantitative estimate of drug-likeness (QED) is 0.459. The van der Waals surface area contributed by atoms with Crippen LogP contribution in [-0.4, -0.2) is 25.5 Å². The van der Waals surface area contributed by atoms with Crippen molar-refractivity contribution >= 4 is 5.91 Å². The highest BCUT2D eigenvalue weighted by Crippen LogP contribution is 1.91. The summed E-state index contributed by atoms with van der Waals surface area (Å²) in [7, 11) is 0. The molecule has 76 valence electrons. The Labute approximate surface area is 80.6 Å². The molecule has 13 heavy (non-hydrogen) atoms. The Kier molecular flexibility index (Phi) is 7.30. The van der Waals surface area contributed by atoms with Gasteiger partial charge in [-0.25, -0.2) is 0 Å². The number of rotatable bonds is 7. The first-order valence-electron chi connectivity index (χ1n) is 4.78. The topological polar surface area (TPSA) is 41.1 Å². The fraction of sp³-hybridized carbons (Fsp3) is 0.700. The molecule has 0 fully saturated rings. The lowest BCUT2D eigenvalue weighted by molar-refractivity contribution is -0.120. The molecule has 0 aliphatic carbocycles. The molecule has 0 aromatic rings. The van der Waals surface area contributed by atoms with E-state index in [0.717, 1.165) is 31.5 Å². The highest BCUT2D eigenvalue weighted by Gasteiger charge is 1.97. The van der Waals surface area contributed by atoms with E-state index in [9.17, 15) is 4.79 Å². The Morgan fingerprint density at radius 3 is 2.62 bits per heavy atom. The van der Waals surface area contributed by atoms with Crippen molar-refractivity contribution in [1.82, 2.24) is 10.6 Å². The van der Waals surface area contributed by atoms with Crippen molar-refractivity contribution in [2.45, 2.75) is 26.7 Å². The minimum absolute atomic E-state index is 0.0727. The Hall–Kier alpha value is -0.830. The van der Waals surface area contributed by atoms with Crippen molar-refractivity contribution < 1.29 is 4.79 Å². The molecule has 0 bridgehead atoms. The minimum atomic E-state index is 0.0727. The first kappa shape index (κ1) is 12.2. The molecule has 0 aliphatic heterocycles. The van der Waals surface area contributed by atoms with Gasteiger partial charge in [0.15, 0.2) is 0 Å². The average Bonchev–Trinajstić information content (AvgIpc) is 2.08. The first-order valence-corrected chi connectivity index (χ1v) is 4.78. The van der Waals surface area contributed by atoms with E-state index in [4.69, 9.17) is 0 Å². The molecular weight excluding hydrogens is 164 g/mol. The number of hydrogen-bond donors (Lipinski definition) is 2. The molecule has 0 saturated carbocycles. The lowest BCUT2D eigenvalue weighted by Gasteiger charge is -2.05. The Morgan fingerprint density at radius 2 is 2.08 bits per heavy atom. The van der Waals surface area contributed by atoms with Gasteiger partial charge in [-0.15, -0.1) is 6.58 Å². The van der Waals surface area contributed by atoms with Gasteiger partial charge in [-0.2, -0.15) is 0 Å². The summed E-state index contributed by atoms with van der Waals surface area (Å²) in [6, 6.07) is 0. The van der Waals surface area contributed by atoms with Crippen LogP contribution in [0.25, 0.3) is 0 Å².